The summed E-state index contributed by atoms with van der Waals surface area (Å²) in [4.78, 5) is 13.2. The van der Waals surface area contributed by atoms with Gasteiger partial charge in [-0.05, 0) is 13.2 Å². The Labute approximate surface area is 121 Å². The van der Waals surface area contributed by atoms with Gasteiger partial charge in [0.1, 0.15) is 11.6 Å². The summed E-state index contributed by atoms with van der Waals surface area (Å²) in [6.45, 7) is 2.84. The van der Waals surface area contributed by atoms with Gasteiger partial charge in [0.25, 0.3) is 0 Å². The predicted molar refractivity (Wildman–Crippen MR) is 82.4 cm³/mol. The molecule has 0 spiro atoms. The van der Waals surface area contributed by atoms with Crippen molar-refractivity contribution in [2.45, 2.75) is 18.5 Å². The molecule has 2 rings (SSSR count). The van der Waals surface area contributed by atoms with E-state index in [-0.39, 0.29) is 0 Å². The molecule has 2 heterocycles. The van der Waals surface area contributed by atoms with Gasteiger partial charge in [-0.2, -0.15) is 0 Å². The topological polar surface area (TPSA) is 62.7 Å². The van der Waals surface area contributed by atoms with Crippen LogP contribution in [0, 0.1) is 6.92 Å². The molecular weight excluding hydrogens is 278 g/mol. The number of thiazole rings is 1. The highest BCUT2D eigenvalue weighted by Crippen LogP contribution is 2.17. The van der Waals surface area contributed by atoms with Crippen molar-refractivity contribution < 1.29 is 0 Å². The van der Waals surface area contributed by atoms with E-state index < -0.39 is 0 Å². The Bertz CT molecular complexity index is 518. The van der Waals surface area contributed by atoms with Crippen molar-refractivity contribution in [3.05, 3.63) is 22.1 Å². The quantitative estimate of drug-likeness (QED) is 0.631. The molecule has 0 aliphatic carbocycles. The van der Waals surface area contributed by atoms with Crippen LogP contribution in [0.25, 0.3) is 0 Å². The zero-order valence-electron chi connectivity index (χ0n) is 11.2. The smallest absolute Gasteiger partial charge is 0.191 e. The molecule has 0 bridgehead atoms. The van der Waals surface area contributed by atoms with Crippen LogP contribution >= 0.6 is 23.1 Å². The van der Waals surface area contributed by atoms with E-state index >= 15 is 0 Å². The summed E-state index contributed by atoms with van der Waals surface area (Å²) in [7, 11) is 1.86. The summed E-state index contributed by atoms with van der Waals surface area (Å²) in [6, 6.07) is 1.91. The largest absolute Gasteiger partial charge is 0.373 e. The summed E-state index contributed by atoms with van der Waals surface area (Å²) in [6.07, 6.45) is 2.87. The molecule has 7 heteroatoms. The highest BCUT2D eigenvalue weighted by molar-refractivity contribution is 7.98. The lowest BCUT2D eigenvalue weighted by Gasteiger charge is -2.08. The van der Waals surface area contributed by atoms with Crippen molar-refractivity contribution in [2.24, 2.45) is 0 Å². The Morgan fingerprint density at radius 3 is 2.68 bits per heavy atom. The monoisotopic (exact) mass is 295 g/mol. The van der Waals surface area contributed by atoms with Gasteiger partial charge in [0.05, 0.1) is 10.7 Å². The van der Waals surface area contributed by atoms with E-state index in [0.29, 0.717) is 0 Å². The molecule has 0 saturated heterocycles. The van der Waals surface area contributed by atoms with Crippen molar-refractivity contribution in [1.29, 1.82) is 0 Å². The van der Waals surface area contributed by atoms with Crippen molar-refractivity contribution in [3.63, 3.8) is 0 Å². The van der Waals surface area contributed by atoms with E-state index in [0.717, 1.165) is 40.5 Å². The minimum absolute atomic E-state index is 0.763. The maximum Gasteiger partial charge on any atom is 0.191 e. The van der Waals surface area contributed by atoms with Gasteiger partial charge >= 0.3 is 0 Å². The number of aryl methyl sites for hydroxylation is 1. The molecule has 102 valence electrons. The third kappa shape index (κ3) is 4.07. The lowest BCUT2D eigenvalue weighted by atomic mass is 10.3. The summed E-state index contributed by atoms with van der Waals surface area (Å²) >= 11 is 3.22. The maximum atomic E-state index is 4.44. The molecule has 2 N–H and O–H groups in total. The molecule has 0 amide bonds. The highest BCUT2D eigenvalue weighted by Gasteiger charge is 2.03. The third-order valence-corrected chi connectivity index (χ3v) is 3.87. The lowest BCUT2D eigenvalue weighted by Crippen LogP contribution is -2.08. The number of anilines is 2. The van der Waals surface area contributed by atoms with Gasteiger partial charge < -0.3 is 10.6 Å². The summed E-state index contributed by atoms with van der Waals surface area (Å²) in [5.74, 6) is 1.67. The summed E-state index contributed by atoms with van der Waals surface area (Å²) in [5.41, 5.74) is 1.13. The van der Waals surface area contributed by atoms with Gasteiger partial charge in [-0.1, -0.05) is 11.8 Å². The number of thioether (sulfide) groups is 1. The molecule has 0 aliphatic rings. The second-order valence-electron chi connectivity index (χ2n) is 3.91. The normalized spacial score (nSPS) is 10.5. The zero-order valence-corrected chi connectivity index (χ0v) is 12.9. The van der Waals surface area contributed by atoms with Crippen LogP contribution in [-0.2, 0) is 6.42 Å². The van der Waals surface area contributed by atoms with Crippen LogP contribution in [0.4, 0.5) is 11.6 Å². The van der Waals surface area contributed by atoms with Crippen LogP contribution in [-0.4, -0.2) is 34.8 Å². The lowest BCUT2D eigenvalue weighted by molar-refractivity contribution is 0.927. The van der Waals surface area contributed by atoms with E-state index in [1.165, 1.54) is 11.8 Å². The van der Waals surface area contributed by atoms with E-state index in [4.69, 9.17) is 0 Å². The molecule has 0 saturated carbocycles. The number of nitrogens with zero attached hydrogens (tertiary/aromatic N) is 3. The third-order valence-electron chi connectivity index (χ3n) is 2.50. The zero-order chi connectivity index (χ0) is 13.7. The number of hydrogen-bond acceptors (Lipinski definition) is 7. The Hall–Kier alpha value is -1.34. The van der Waals surface area contributed by atoms with Crippen molar-refractivity contribution in [1.82, 2.24) is 15.0 Å². The van der Waals surface area contributed by atoms with E-state index in [1.807, 2.05) is 26.3 Å². The Kier molecular flexibility index (Phi) is 4.98. The van der Waals surface area contributed by atoms with Crippen molar-refractivity contribution in [3.8, 4) is 0 Å². The standard InChI is InChI=1S/C12H17N5S2/c1-8-15-9(7-19-8)4-5-14-11-6-10(13-2)16-12(17-11)18-3/h6-7H,4-5H2,1-3H3,(H2,13,14,16,17). The Morgan fingerprint density at radius 1 is 1.26 bits per heavy atom. The van der Waals surface area contributed by atoms with Crippen LogP contribution in [0.1, 0.15) is 10.7 Å². The van der Waals surface area contributed by atoms with Gasteiger partial charge in [-0.3, -0.25) is 0 Å². The average molecular weight is 295 g/mol. The van der Waals surface area contributed by atoms with Crippen LogP contribution in [0.5, 0.6) is 0 Å². The van der Waals surface area contributed by atoms with Crippen LogP contribution in [0.15, 0.2) is 16.6 Å². The average Bonchev–Trinajstić information content (AvgIpc) is 2.84. The fourth-order valence-electron chi connectivity index (χ4n) is 1.58. The van der Waals surface area contributed by atoms with Gasteiger partial charge in [0, 0.05) is 31.5 Å². The fraction of sp³-hybridized carbons (Fsp3) is 0.417. The van der Waals surface area contributed by atoms with Crippen LogP contribution < -0.4 is 10.6 Å². The molecular formula is C12H17N5S2. The van der Waals surface area contributed by atoms with Crippen LogP contribution in [0.3, 0.4) is 0 Å². The molecule has 0 aliphatic heterocycles. The van der Waals surface area contributed by atoms with Gasteiger partial charge in [0.2, 0.25) is 0 Å². The minimum Gasteiger partial charge on any atom is -0.373 e. The first-order valence-electron chi connectivity index (χ1n) is 5.97. The number of hydrogen-bond donors (Lipinski definition) is 2. The molecule has 0 unspecified atom stereocenters. The van der Waals surface area contributed by atoms with E-state index in [2.05, 4.69) is 31.0 Å². The summed E-state index contributed by atoms with van der Waals surface area (Å²) in [5, 5.41) is 10.3. The number of rotatable bonds is 6. The molecule has 0 aromatic carbocycles. The minimum atomic E-state index is 0.763. The van der Waals surface area contributed by atoms with E-state index in [1.54, 1.807) is 11.3 Å². The SMILES string of the molecule is CNc1cc(NCCc2csc(C)n2)nc(SC)n1. The second kappa shape index (κ2) is 6.72. The number of aromatic nitrogens is 3. The first kappa shape index (κ1) is 14.1. The Balaban J connectivity index is 1.95. The molecule has 2 aromatic rings. The van der Waals surface area contributed by atoms with Gasteiger partial charge in [0.15, 0.2) is 5.16 Å². The molecule has 0 radical (unpaired) electrons. The summed E-state index contributed by atoms with van der Waals surface area (Å²) < 4.78 is 0. The molecule has 0 fully saturated rings. The predicted octanol–water partition coefficient (Wildman–Crippen LogP) is 2.66. The molecule has 19 heavy (non-hydrogen) atoms. The first-order valence-corrected chi connectivity index (χ1v) is 8.07. The van der Waals surface area contributed by atoms with Gasteiger partial charge in [-0.15, -0.1) is 11.3 Å². The fourth-order valence-corrected chi connectivity index (χ4v) is 2.60. The second-order valence-corrected chi connectivity index (χ2v) is 5.75. The van der Waals surface area contributed by atoms with Crippen molar-refractivity contribution in [2.75, 3.05) is 30.5 Å². The highest BCUT2D eigenvalue weighted by atomic mass is 32.2. The molecule has 5 nitrogen and oxygen atoms in total. The van der Waals surface area contributed by atoms with E-state index in [9.17, 15) is 0 Å². The number of nitrogens with one attached hydrogen (secondary N) is 2. The molecule has 0 atom stereocenters. The maximum absolute atomic E-state index is 4.44. The molecule has 2 aromatic heterocycles. The van der Waals surface area contributed by atoms with Crippen LogP contribution in [0.2, 0.25) is 0 Å². The first-order chi connectivity index (χ1) is 9.21. The van der Waals surface area contributed by atoms with Crippen molar-refractivity contribution >= 4 is 34.7 Å². The Morgan fingerprint density at radius 2 is 2.05 bits per heavy atom. The van der Waals surface area contributed by atoms with Gasteiger partial charge in [-0.25, -0.2) is 15.0 Å².